The molecule has 9 rings (SSSR count). The fourth-order valence-electron chi connectivity index (χ4n) is 15.8. The highest BCUT2D eigenvalue weighted by atomic mass is 16.7. The molecule has 15 atom stereocenters. The van der Waals surface area contributed by atoms with E-state index in [9.17, 15) is 45.0 Å². The van der Waals surface area contributed by atoms with Crippen LogP contribution in [0.1, 0.15) is 189 Å². The average molecular weight is 1220 g/mol. The third kappa shape index (κ3) is 20.3. The number of hydrogen-bond donors (Lipinski definition) is 10. The van der Waals surface area contributed by atoms with Crippen LogP contribution in [0, 0.1) is 53.3 Å². The van der Waals surface area contributed by atoms with Crippen LogP contribution in [0.15, 0.2) is 54.6 Å². The van der Waals surface area contributed by atoms with Crippen LogP contribution in [-0.4, -0.2) is 110 Å². The van der Waals surface area contributed by atoms with Crippen LogP contribution in [-0.2, 0) is 62.6 Å². The molecule has 18 heteroatoms. The summed E-state index contributed by atoms with van der Waals surface area (Å²) < 4.78 is 16.8. The lowest BCUT2D eigenvalue weighted by atomic mass is 9.73. The molecule has 0 saturated heterocycles. The number of carbonyl (C=O) groups is 3. The van der Waals surface area contributed by atoms with Gasteiger partial charge in [0.15, 0.2) is 19.8 Å². The van der Waals surface area contributed by atoms with Crippen molar-refractivity contribution in [3.63, 3.8) is 0 Å². The normalized spacial score (nSPS) is 26.4. The molecular weight excluding hydrogens is 1110 g/mol. The smallest absolute Gasteiger partial charge is 0.362 e. The summed E-state index contributed by atoms with van der Waals surface area (Å²) in [5, 5.41) is 71.9. The van der Waals surface area contributed by atoms with Crippen LogP contribution in [0.5, 0.6) is 17.2 Å². The van der Waals surface area contributed by atoms with Gasteiger partial charge in [0.1, 0.15) is 17.2 Å². The van der Waals surface area contributed by atoms with Crippen molar-refractivity contribution in [1.82, 2.24) is 6.15 Å². The highest BCUT2D eigenvalue weighted by Crippen LogP contribution is 2.51. The van der Waals surface area contributed by atoms with E-state index in [4.69, 9.17) is 31.1 Å². The molecule has 0 radical (unpaired) electrons. The first-order valence-corrected chi connectivity index (χ1v) is 32.9. The number of hydrogen-bond acceptors (Lipinski definition) is 17. The first-order chi connectivity index (χ1) is 41.5. The van der Waals surface area contributed by atoms with Gasteiger partial charge in [-0.05, 0) is 220 Å². The topological polar surface area (TPSA) is 326 Å². The summed E-state index contributed by atoms with van der Waals surface area (Å²) in [6.45, 7) is 5.77. The maximum atomic E-state index is 11.3. The highest BCUT2D eigenvalue weighted by Gasteiger charge is 2.48. The molecule has 0 bridgehead atoms. The lowest BCUT2D eigenvalue weighted by molar-refractivity contribution is -0.147. The number of ether oxygens (including phenoxy) is 3. The van der Waals surface area contributed by atoms with Crippen LogP contribution in [0.3, 0.4) is 0 Å². The SMILES string of the molecule is CCCCC[C@H](O)CC[C@@H]1[C@H]2Cc3cccc(OCC(=O)O)c3C[C@H]2C[C@H]1O.CCCCC[C@H](O)CC[C@@H]1[C@H]2Cc3cccc(OCC(=O)ON)c3C[C@H]2C[C@H]1O.CCCCC[C@H](O)CC[C@@H]1[C@H]2Cc3cccc(OCC(=O)ON)c3C[C@H]2C[C@H]1O.N. The number of carbonyl (C=O) groups excluding carboxylic acids is 2. The standard InChI is InChI=1S/2C23H35NO5.C23H34O5.H3N/c2*1-2-3-4-7-17(25)9-10-18-19-11-15-6-5-8-22(28-14-23(27)29-24)20(15)12-16(19)13-21(18)26;1-2-3-4-7-17(24)9-10-18-19-11-15-6-5-8-22(28-14-23(26)27)20(15)12-16(19)13-21(18)25;/h2*5-6,8,16-19,21,25-26H,2-4,7,9-14,24H2,1H3;5-6,8,16-19,21,24-25H,2-4,7,9-14H2,1H3,(H,26,27);1H3/t3*16-,17-,18+,19-,21+;/m000./s1. The first kappa shape index (κ1) is 71.2. The van der Waals surface area contributed by atoms with Crippen LogP contribution in [0.25, 0.3) is 0 Å². The maximum absolute atomic E-state index is 11.3. The summed E-state index contributed by atoms with van der Waals surface area (Å²) in [6.07, 6.45) is 23.6. The second-order valence-corrected chi connectivity index (χ2v) is 26.0. The Kier molecular flexibility index (Phi) is 29.5. The molecule has 0 aromatic heterocycles. The Morgan fingerprint density at radius 2 is 0.759 bits per heavy atom. The van der Waals surface area contributed by atoms with E-state index in [0.29, 0.717) is 52.8 Å². The highest BCUT2D eigenvalue weighted by molar-refractivity contribution is 5.71. The van der Waals surface area contributed by atoms with Gasteiger partial charge >= 0.3 is 17.9 Å². The van der Waals surface area contributed by atoms with E-state index < -0.39 is 17.9 Å². The van der Waals surface area contributed by atoms with Crippen molar-refractivity contribution < 1.29 is 74.0 Å². The van der Waals surface area contributed by atoms with Gasteiger partial charge in [0.05, 0.1) is 36.6 Å². The quantitative estimate of drug-likeness (QED) is 0.0219. The molecule has 0 amide bonds. The number of carboxylic acids is 1. The van der Waals surface area contributed by atoms with E-state index in [1.54, 1.807) is 0 Å². The molecule has 3 saturated carbocycles. The Labute approximate surface area is 516 Å². The Bertz CT molecular complexity index is 2450. The summed E-state index contributed by atoms with van der Waals surface area (Å²) in [5.74, 6) is 12.9. The van der Waals surface area contributed by atoms with Crippen LogP contribution >= 0.6 is 0 Å². The number of unbranched alkanes of at least 4 members (excludes halogenated alkanes) is 6. The zero-order valence-corrected chi connectivity index (χ0v) is 52.3. The predicted octanol–water partition coefficient (Wildman–Crippen LogP) is 9.58. The molecule has 87 heavy (non-hydrogen) atoms. The Balaban J connectivity index is 0.000000207. The molecule has 0 spiro atoms. The Morgan fingerprint density at radius 1 is 0.460 bits per heavy atom. The third-order valence-electron chi connectivity index (χ3n) is 20.3. The molecule has 14 N–H and O–H groups in total. The lowest BCUT2D eigenvalue weighted by Gasteiger charge is -2.32. The number of benzene rings is 3. The predicted molar refractivity (Wildman–Crippen MR) is 333 cm³/mol. The monoisotopic (exact) mass is 1220 g/mol. The molecule has 0 aliphatic heterocycles. The Hall–Kier alpha value is -4.89. The Morgan fingerprint density at radius 3 is 1.03 bits per heavy atom. The van der Waals surface area contributed by atoms with Gasteiger partial charge in [-0.2, -0.15) is 11.8 Å². The second-order valence-electron chi connectivity index (χ2n) is 26.0. The van der Waals surface area contributed by atoms with Crippen molar-refractivity contribution in [2.45, 2.75) is 231 Å². The van der Waals surface area contributed by atoms with Gasteiger partial charge in [0.25, 0.3) is 0 Å². The number of aliphatic hydroxyl groups excluding tert-OH is 6. The molecule has 18 nitrogen and oxygen atoms in total. The molecule has 3 aromatic carbocycles. The van der Waals surface area contributed by atoms with Crippen LogP contribution < -0.4 is 32.2 Å². The number of fused-ring (bicyclic) bond motifs is 6. The van der Waals surface area contributed by atoms with Crippen molar-refractivity contribution in [1.29, 1.82) is 0 Å². The molecule has 3 aromatic rings. The summed E-state index contributed by atoms with van der Waals surface area (Å²) in [5.41, 5.74) is 7.04. The number of rotatable bonds is 30. The van der Waals surface area contributed by atoms with Gasteiger partial charge in [0, 0.05) is 0 Å². The van der Waals surface area contributed by atoms with E-state index in [0.717, 1.165) is 190 Å². The zero-order valence-electron chi connectivity index (χ0n) is 52.3. The van der Waals surface area contributed by atoms with E-state index >= 15 is 0 Å². The van der Waals surface area contributed by atoms with Gasteiger partial charge in [-0.1, -0.05) is 115 Å². The molecule has 0 heterocycles. The fraction of sp³-hybridized carbons (Fsp3) is 0.696. The number of aliphatic carboxylic acids is 1. The van der Waals surface area contributed by atoms with Crippen LogP contribution in [0.4, 0.5) is 0 Å². The molecule has 488 valence electrons. The second kappa shape index (κ2) is 36.1. The van der Waals surface area contributed by atoms with Crippen molar-refractivity contribution in [3.8, 4) is 17.2 Å². The van der Waals surface area contributed by atoms with Gasteiger partial charge in [0.2, 0.25) is 0 Å². The number of nitrogens with two attached hydrogens (primary N) is 2. The van der Waals surface area contributed by atoms with Crippen molar-refractivity contribution in [2.75, 3.05) is 19.8 Å². The van der Waals surface area contributed by atoms with Gasteiger partial charge < -0.3 is 65.8 Å². The summed E-state index contributed by atoms with van der Waals surface area (Å²) in [7, 11) is 0. The molecule has 6 aliphatic carbocycles. The lowest BCUT2D eigenvalue weighted by Crippen LogP contribution is -2.28. The minimum atomic E-state index is -0.972. The third-order valence-corrected chi connectivity index (χ3v) is 20.3. The van der Waals surface area contributed by atoms with Crippen molar-refractivity contribution in [3.05, 3.63) is 88.0 Å². The van der Waals surface area contributed by atoms with E-state index in [1.807, 2.05) is 36.4 Å². The summed E-state index contributed by atoms with van der Waals surface area (Å²) in [4.78, 5) is 41.8. The molecular formula is C69H107N3O15. The van der Waals surface area contributed by atoms with Crippen molar-refractivity contribution in [2.24, 2.45) is 65.1 Å². The number of aliphatic hydroxyl groups is 6. The average Bonchev–Trinajstić information content (AvgIpc) is 2.36. The van der Waals surface area contributed by atoms with E-state index in [1.165, 1.54) is 16.7 Å². The largest absolute Gasteiger partial charge is 0.482 e. The minimum absolute atomic E-state index is 0. The maximum Gasteiger partial charge on any atom is 0.362 e. The molecule has 0 unspecified atom stereocenters. The van der Waals surface area contributed by atoms with E-state index in [2.05, 4.69) is 48.6 Å². The van der Waals surface area contributed by atoms with Gasteiger partial charge in [-0.3, -0.25) is 0 Å². The van der Waals surface area contributed by atoms with Gasteiger partial charge in [-0.25, -0.2) is 14.4 Å². The first-order valence-electron chi connectivity index (χ1n) is 32.9. The van der Waals surface area contributed by atoms with Gasteiger partial charge in [-0.15, -0.1) is 0 Å². The van der Waals surface area contributed by atoms with Crippen LogP contribution in [0.2, 0.25) is 0 Å². The summed E-state index contributed by atoms with van der Waals surface area (Å²) >= 11 is 0. The zero-order chi connectivity index (χ0) is 61.7. The van der Waals surface area contributed by atoms with Crippen molar-refractivity contribution >= 4 is 17.9 Å². The fourth-order valence-corrected chi connectivity index (χ4v) is 15.8. The van der Waals surface area contributed by atoms with E-state index in [-0.39, 0.29) is 80.3 Å². The number of carboxylic acid groups (broad SMARTS) is 1. The summed E-state index contributed by atoms with van der Waals surface area (Å²) in [6, 6.07) is 17.7. The molecule has 6 aliphatic rings. The minimum Gasteiger partial charge on any atom is -0.482 e. The molecule has 3 fully saturated rings.